The number of piperidine rings is 1. The molecule has 8 nitrogen and oxygen atoms in total. The van der Waals surface area contributed by atoms with Crippen LogP contribution in [-0.2, 0) is 4.79 Å². The summed E-state index contributed by atoms with van der Waals surface area (Å²) in [6.07, 6.45) is 5.68. The van der Waals surface area contributed by atoms with Crippen molar-refractivity contribution in [2.24, 2.45) is 0 Å². The molecule has 8 heteroatoms. The summed E-state index contributed by atoms with van der Waals surface area (Å²) in [5.41, 5.74) is 8.69. The third kappa shape index (κ3) is 4.07. The fourth-order valence-corrected chi connectivity index (χ4v) is 5.07. The summed E-state index contributed by atoms with van der Waals surface area (Å²) in [6.45, 7) is 8.87. The van der Waals surface area contributed by atoms with E-state index in [-0.39, 0.29) is 5.91 Å². The molecular formula is C26H33N7O. The van der Waals surface area contributed by atoms with Crippen molar-refractivity contribution in [3.05, 3.63) is 47.5 Å². The van der Waals surface area contributed by atoms with E-state index in [9.17, 15) is 4.79 Å². The van der Waals surface area contributed by atoms with Crippen molar-refractivity contribution in [3.8, 4) is 11.3 Å². The van der Waals surface area contributed by atoms with Gasteiger partial charge >= 0.3 is 0 Å². The molecule has 4 aromatic heterocycles. The van der Waals surface area contributed by atoms with Crippen molar-refractivity contribution in [1.29, 1.82) is 0 Å². The lowest BCUT2D eigenvalue weighted by Gasteiger charge is -2.31. The molecule has 4 aromatic rings. The number of likely N-dealkylation sites (tertiary alicyclic amines) is 1. The number of H-pyrrole nitrogens is 1. The Labute approximate surface area is 200 Å². The van der Waals surface area contributed by atoms with Gasteiger partial charge in [0.1, 0.15) is 6.33 Å². The van der Waals surface area contributed by atoms with Crippen LogP contribution in [0.4, 0.5) is 0 Å². The first-order valence-electron chi connectivity index (χ1n) is 12.1. The zero-order chi connectivity index (χ0) is 24.0. The van der Waals surface area contributed by atoms with Crippen LogP contribution in [0.3, 0.4) is 0 Å². The molecule has 178 valence electrons. The number of carbonyl (C=O) groups excluding carboxylic acids is 1. The Balaban J connectivity index is 1.45. The van der Waals surface area contributed by atoms with E-state index in [4.69, 9.17) is 4.98 Å². The van der Waals surface area contributed by atoms with Gasteiger partial charge in [0, 0.05) is 43.0 Å². The van der Waals surface area contributed by atoms with Gasteiger partial charge in [-0.2, -0.15) is 5.10 Å². The monoisotopic (exact) mass is 459 g/mol. The number of aromatic amines is 1. The van der Waals surface area contributed by atoms with Crippen LogP contribution in [0.2, 0.25) is 0 Å². The normalized spacial score (nSPS) is 15.6. The average molecular weight is 460 g/mol. The topological polar surface area (TPSA) is 82.4 Å². The maximum absolute atomic E-state index is 12.1. The van der Waals surface area contributed by atoms with E-state index < -0.39 is 0 Å². The molecule has 1 amide bonds. The largest absolute Gasteiger partial charge is 0.353 e. The van der Waals surface area contributed by atoms with Crippen molar-refractivity contribution in [3.63, 3.8) is 0 Å². The van der Waals surface area contributed by atoms with Gasteiger partial charge in [-0.25, -0.2) is 9.50 Å². The first kappa shape index (κ1) is 22.5. The van der Waals surface area contributed by atoms with E-state index >= 15 is 0 Å². The second-order valence-electron chi connectivity index (χ2n) is 9.98. The molecule has 0 bridgehead atoms. The Morgan fingerprint density at radius 3 is 2.71 bits per heavy atom. The highest BCUT2D eigenvalue weighted by atomic mass is 16.2. The predicted molar refractivity (Wildman–Crippen MR) is 134 cm³/mol. The maximum atomic E-state index is 12.1. The lowest BCUT2D eigenvalue weighted by Crippen LogP contribution is -2.40. The van der Waals surface area contributed by atoms with Crippen molar-refractivity contribution in [1.82, 2.24) is 34.4 Å². The summed E-state index contributed by atoms with van der Waals surface area (Å²) >= 11 is 0. The second-order valence-corrected chi connectivity index (χ2v) is 9.98. The molecule has 34 heavy (non-hydrogen) atoms. The standard InChI is InChI=1S/C26H33N7O/c1-16(2)23-24(19-12-17(3)26-27-15-28-33(26)13-19)30-21-7-6-20(29-25(21)23)18-8-10-32(11-9-18)14-22(34)31(4)5/h6-7,12-13,15-16,18,30H,8-11,14H2,1-5H3. The lowest BCUT2D eigenvalue weighted by atomic mass is 9.92. The van der Waals surface area contributed by atoms with Crippen molar-refractivity contribution >= 4 is 22.6 Å². The molecule has 0 unspecified atom stereocenters. The minimum Gasteiger partial charge on any atom is -0.353 e. The van der Waals surface area contributed by atoms with Crippen LogP contribution < -0.4 is 0 Å². The number of rotatable bonds is 5. The summed E-state index contributed by atoms with van der Waals surface area (Å²) < 4.78 is 1.84. The number of likely N-dealkylation sites (N-methyl/N-ethyl adjacent to an activating group) is 1. The SMILES string of the molecule is Cc1cc(-c2[nH]c3ccc(C4CCN(CC(=O)N(C)C)CC4)nc3c2C(C)C)cn2ncnc12. The fourth-order valence-electron chi connectivity index (χ4n) is 5.07. The van der Waals surface area contributed by atoms with Crippen LogP contribution >= 0.6 is 0 Å². The molecule has 0 aromatic carbocycles. The number of aromatic nitrogens is 5. The quantitative estimate of drug-likeness (QED) is 0.488. The van der Waals surface area contributed by atoms with Crippen LogP contribution in [-0.4, -0.2) is 74.0 Å². The Morgan fingerprint density at radius 1 is 1.24 bits per heavy atom. The molecule has 0 spiro atoms. The minimum absolute atomic E-state index is 0.165. The van der Waals surface area contributed by atoms with Crippen LogP contribution in [0, 0.1) is 6.92 Å². The van der Waals surface area contributed by atoms with E-state index in [1.807, 2.05) is 24.8 Å². The number of hydrogen-bond donors (Lipinski definition) is 1. The zero-order valence-corrected chi connectivity index (χ0v) is 20.7. The number of hydrogen-bond acceptors (Lipinski definition) is 5. The van der Waals surface area contributed by atoms with Crippen molar-refractivity contribution in [2.75, 3.05) is 33.7 Å². The number of aryl methyl sites for hydroxylation is 1. The number of nitrogens with zero attached hydrogens (tertiary/aromatic N) is 6. The third-order valence-electron chi connectivity index (χ3n) is 6.99. The zero-order valence-electron chi connectivity index (χ0n) is 20.7. The summed E-state index contributed by atoms with van der Waals surface area (Å²) in [5, 5.41) is 4.35. The van der Waals surface area contributed by atoms with Gasteiger partial charge in [-0.1, -0.05) is 13.8 Å². The number of pyridine rings is 2. The van der Waals surface area contributed by atoms with E-state index in [1.54, 1.807) is 11.2 Å². The van der Waals surface area contributed by atoms with Gasteiger partial charge in [0.15, 0.2) is 5.65 Å². The van der Waals surface area contributed by atoms with Crippen molar-refractivity contribution in [2.45, 2.75) is 45.4 Å². The molecular weight excluding hydrogens is 426 g/mol. The van der Waals surface area contributed by atoms with Crippen LogP contribution in [0.15, 0.2) is 30.7 Å². The van der Waals surface area contributed by atoms with Gasteiger partial charge in [-0.15, -0.1) is 0 Å². The van der Waals surface area contributed by atoms with Gasteiger partial charge in [0.25, 0.3) is 0 Å². The molecule has 0 aliphatic carbocycles. The first-order chi connectivity index (χ1) is 16.3. The number of carbonyl (C=O) groups is 1. The van der Waals surface area contributed by atoms with Gasteiger partial charge in [-0.3, -0.25) is 14.7 Å². The number of amides is 1. The highest BCUT2D eigenvalue weighted by molar-refractivity contribution is 5.88. The summed E-state index contributed by atoms with van der Waals surface area (Å²) in [7, 11) is 3.63. The predicted octanol–water partition coefficient (Wildman–Crippen LogP) is 3.97. The summed E-state index contributed by atoms with van der Waals surface area (Å²) in [5.74, 6) is 0.901. The van der Waals surface area contributed by atoms with E-state index in [1.165, 1.54) is 5.56 Å². The van der Waals surface area contributed by atoms with Gasteiger partial charge in [0.2, 0.25) is 5.91 Å². The smallest absolute Gasteiger partial charge is 0.236 e. The molecule has 5 rings (SSSR count). The molecule has 0 saturated carbocycles. The van der Waals surface area contributed by atoms with Crippen molar-refractivity contribution < 1.29 is 4.79 Å². The summed E-state index contributed by atoms with van der Waals surface area (Å²) in [4.78, 5) is 29.2. The number of nitrogens with one attached hydrogen (secondary N) is 1. The van der Waals surface area contributed by atoms with Crippen LogP contribution in [0.5, 0.6) is 0 Å². The molecule has 0 radical (unpaired) electrons. The van der Waals surface area contributed by atoms with Gasteiger partial charge < -0.3 is 9.88 Å². The van der Waals surface area contributed by atoms with E-state index in [0.717, 1.165) is 65.1 Å². The lowest BCUT2D eigenvalue weighted by molar-refractivity contribution is -0.130. The van der Waals surface area contributed by atoms with Crippen LogP contribution in [0.1, 0.15) is 55.3 Å². The van der Waals surface area contributed by atoms with E-state index in [0.29, 0.717) is 18.4 Å². The molecule has 1 fully saturated rings. The molecule has 1 N–H and O–H groups in total. The first-order valence-corrected chi connectivity index (χ1v) is 12.1. The molecule has 0 atom stereocenters. The molecule has 1 aliphatic rings. The van der Waals surface area contributed by atoms with E-state index in [2.05, 4.69) is 58.9 Å². The highest BCUT2D eigenvalue weighted by Crippen LogP contribution is 2.37. The Morgan fingerprint density at radius 2 is 2.00 bits per heavy atom. The molecule has 1 saturated heterocycles. The Kier molecular flexibility index (Phi) is 5.85. The van der Waals surface area contributed by atoms with Gasteiger partial charge in [0.05, 0.1) is 23.3 Å². The minimum atomic E-state index is 0.165. The molecule has 5 heterocycles. The Hall–Kier alpha value is -3.26. The average Bonchev–Trinajstić information content (AvgIpc) is 3.44. The fraction of sp³-hybridized carbons (Fsp3) is 0.462. The number of fused-ring (bicyclic) bond motifs is 2. The second kappa shape index (κ2) is 8.83. The molecule has 1 aliphatic heterocycles. The highest BCUT2D eigenvalue weighted by Gasteiger charge is 2.25. The third-order valence-corrected chi connectivity index (χ3v) is 6.99. The van der Waals surface area contributed by atoms with Crippen LogP contribution in [0.25, 0.3) is 27.9 Å². The maximum Gasteiger partial charge on any atom is 0.236 e. The Bertz CT molecular complexity index is 1340. The van der Waals surface area contributed by atoms with Gasteiger partial charge in [-0.05, 0) is 62.5 Å². The summed E-state index contributed by atoms with van der Waals surface area (Å²) in [6, 6.07) is 6.52.